The standard InChI is InChI=1S/C22H25N5O2.C2HF3O2/c23-21(28)19-6-4-5-17-15-27(25-20(17)19)18-9-7-16(8-10-18)22(29)24-11-14-26-12-2-1-3-13-26;3-2(4,5)1(6)7/h4-10,15H,1-3,11-14H2,(H2,23,28)(H,24,29);(H,6,7). The van der Waals surface area contributed by atoms with E-state index >= 15 is 0 Å². The lowest BCUT2D eigenvalue weighted by molar-refractivity contribution is -0.903. The molecule has 192 valence electrons. The van der Waals surface area contributed by atoms with E-state index in [0.29, 0.717) is 23.2 Å². The number of rotatable bonds is 6. The number of hydrogen-bond acceptors (Lipinski definition) is 5. The van der Waals surface area contributed by atoms with Gasteiger partial charge in [0, 0.05) is 17.1 Å². The van der Waals surface area contributed by atoms with Gasteiger partial charge in [-0.15, -0.1) is 0 Å². The van der Waals surface area contributed by atoms with Crippen LogP contribution < -0.4 is 21.1 Å². The van der Waals surface area contributed by atoms with Crippen molar-refractivity contribution in [2.75, 3.05) is 26.2 Å². The van der Waals surface area contributed by atoms with E-state index in [4.69, 9.17) is 15.6 Å². The van der Waals surface area contributed by atoms with Gasteiger partial charge in [0.25, 0.3) is 11.8 Å². The van der Waals surface area contributed by atoms with Crippen LogP contribution in [0.25, 0.3) is 16.6 Å². The second kappa shape index (κ2) is 11.7. The van der Waals surface area contributed by atoms with Crippen molar-refractivity contribution in [3.8, 4) is 5.69 Å². The molecule has 0 unspecified atom stereocenters. The third-order valence-electron chi connectivity index (χ3n) is 5.75. The number of fused-ring (bicyclic) bond motifs is 1. The third-order valence-corrected chi connectivity index (χ3v) is 5.75. The first-order valence-electron chi connectivity index (χ1n) is 11.3. The van der Waals surface area contributed by atoms with E-state index in [1.165, 1.54) is 32.4 Å². The van der Waals surface area contributed by atoms with Crippen LogP contribution in [0.2, 0.25) is 0 Å². The highest BCUT2D eigenvalue weighted by Gasteiger charge is 2.28. The smallest absolute Gasteiger partial charge is 0.430 e. The average molecular weight is 505 g/mol. The first-order valence-corrected chi connectivity index (χ1v) is 11.3. The fourth-order valence-electron chi connectivity index (χ4n) is 3.90. The predicted octanol–water partition coefficient (Wildman–Crippen LogP) is 0.222. The molecule has 0 radical (unpaired) electrons. The summed E-state index contributed by atoms with van der Waals surface area (Å²) in [7, 11) is 0. The van der Waals surface area contributed by atoms with E-state index in [0.717, 1.165) is 17.6 Å². The van der Waals surface area contributed by atoms with Crippen molar-refractivity contribution in [1.29, 1.82) is 0 Å². The quantitative estimate of drug-likeness (QED) is 0.441. The number of nitrogens with zero attached hydrogens (tertiary/aromatic N) is 2. The molecule has 0 aliphatic carbocycles. The zero-order chi connectivity index (χ0) is 26.3. The number of carboxylic acid groups (broad SMARTS) is 1. The summed E-state index contributed by atoms with van der Waals surface area (Å²) in [6, 6.07) is 12.6. The van der Waals surface area contributed by atoms with Gasteiger partial charge < -0.3 is 25.9 Å². The number of primary amides is 1. The number of aliphatic carboxylic acids is 1. The lowest BCUT2D eigenvalue weighted by Crippen LogP contribution is -3.13. The number of piperidine rings is 1. The van der Waals surface area contributed by atoms with Gasteiger partial charge in [-0.2, -0.15) is 18.3 Å². The monoisotopic (exact) mass is 505 g/mol. The fraction of sp³-hybridized carbons (Fsp3) is 0.333. The zero-order valence-electron chi connectivity index (χ0n) is 19.3. The fourth-order valence-corrected chi connectivity index (χ4v) is 3.90. The first-order chi connectivity index (χ1) is 17.1. The zero-order valence-corrected chi connectivity index (χ0v) is 19.3. The number of quaternary nitrogens is 1. The molecule has 4 N–H and O–H groups in total. The summed E-state index contributed by atoms with van der Waals surface area (Å²) in [4.78, 5) is 34.4. The summed E-state index contributed by atoms with van der Waals surface area (Å²) in [6.07, 6.45) is 0.554. The Morgan fingerprint density at radius 1 is 1.06 bits per heavy atom. The van der Waals surface area contributed by atoms with Crippen LogP contribution in [0.1, 0.15) is 40.0 Å². The molecule has 0 saturated carbocycles. The molecule has 1 aromatic heterocycles. The number of benzene rings is 2. The van der Waals surface area contributed by atoms with Crippen LogP contribution in [0.4, 0.5) is 13.2 Å². The number of carbonyl (C=O) groups excluding carboxylic acids is 3. The van der Waals surface area contributed by atoms with Crippen molar-refractivity contribution >= 4 is 28.7 Å². The van der Waals surface area contributed by atoms with Crippen molar-refractivity contribution in [1.82, 2.24) is 15.1 Å². The van der Waals surface area contributed by atoms with Crippen molar-refractivity contribution in [3.63, 3.8) is 0 Å². The van der Waals surface area contributed by atoms with E-state index < -0.39 is 18.1 Å². The first kappa shape index (κ1) is 26.7. The van der Waals surface area contributed by atoms with Crippen molar-refractivity contribution < 1.29 is 37.6 Å². The number of hydrogen-bond donors (Lipinski definition) is 3. The Morgan fingerprint density at radius 3 is 2.28 bits per heavy atom. The molecule has 0 atom stereocenters. The molecule has 36 heavy (non-hydrogen) atoms. The second-order valence-electron chi connectivity index (χ2n) is 8.33. The number of alkyl halides is 3. The molecule has 4 rings (SSSR count). The average Bonchev–Trinajstić information content (AvgIpc) is 3.29. The number of nitrogens with two attached hydrogens (primary N) is 1. The molecular weight excluding hydrogens is 479 g/mol. The summed E-state index contributed by atoms with van der Waals surface area (Å²) in [5.74, 6) is -3.57. The summed E-state index contributed by atoms with van der Waals surface area (Å²) in [6.45, 7) is 4.09. The van der Waals surface area contributed by atoms with Gasteiger partial charge in [-0.05, 0) is 49.6 Å². The molecule has 3 aromatic rings. The summed E-state index contributed by atoms with van der Waals surface area (Å²) in [5.41, 5.74) is 7.84. The molecule has 0 bridgehead atoms. The number of nitrogens with one attached hydrogen (secondary N) is 2. The van der Waals surface area contributed by atoms with Gasteiger partial charge in [0.1, 0.15) is 11.5 Å². The second-order valence-corrected chi connectivity index (χ2v) is 8.33. The molecule has 2 amide bonds. The van der Waals surface area contributed by atoms with Crippen LogP contribution in [0, 0.1) is 0 Å². The predicted molar refractivity (Wildman–Crippen MR) is 122 cm³/mol. The number of likely N-dealkylation sites (tertiary alicyclic amines) is 1. The maximum absolute atomic E-state index is 12.4. The van der Waals surface area contributed by atoms with E-state index in [2.05, 4.69) is 10.4 Å². The van der Waals surface area contributed by atoms with Crippen LogP contribution >= 0.6 is 0 Å². The van der Waals surface area contributed by atoms with E-state index in [-0.39, 0.29) is 5.91 Å². The lowest BCUT2D eigenvalue weighted by atomic mass is 10.1. The Bertz CT molecular complexity index is 1220. The highest BCUT2D eigenvalue weighted by atomic mass is 19.4. The Kier molecular flexibility index (Phi) is 8.64. The molecule has 1 aliphatic heterocycles. The molecule has 1 saturated heterocycles. The Balaban J connectivity index is 0.000000454. The van der Waals surface area contributed by atoms with Crippen LogP contribution in [-0.2, 0) is 4.79 Å². The SMILES string of the molecule is NC(=O)c1cccc2cn(-c3ccc(C(=O)NCC[NH+]4CCCCC4)cc3)nc12.O=C([O-])C(F)(F)F. The molecular formula is C24H26F3N5O4. The maximum atomic E-state index is 12.4. The van der Waals surface area contributed by atoms with Crippen LogP contribution in [0.5, 0.6) is 0 Å². The van der Waals surface area contributed by atoms with Gasteiger partial charge in [-0.3, -0.25) is 9.59 Å². The van der Waals surface area contributed by atoms with Gasteiger partial charge in [-0.25, -0.2) is 4.68 Å². The molecule has 9 nitrogen and oxygen atoms in total. The van der Waals surface area contributed by atoms with Crippen molar-refractivity contribution in [3.05, 3.63) is 59.8 Å². The Labute approximate surface area is 204 Å². The van der Waals surface area contributed by atoms with Gasteiger partial charge in [0.05, 0.1) is 37.4 Å². The summed E-state index contributed by atoms with van der Waals surface area (Å²) < 4.78 is 33.2. The van der Waals surface area contributed by atoms with E-state index in [1.807, 2.05) is 24.4 Å². The number of halogens is 3. The third kappa shape index (κ3) is 7.04. The number of carboxylic acids is 1. The highest BCUT2D eigenvalue weighted by Crippen LogP contribution is 2.19. The highest BCUT2D eigenvalue weighted by molar-refractivity contribution is 6.04. The lowest BCUT2D eigenvalue weighted by Gasteiger charge is -2.23. The van der Waals surface area contributed by atoms with Gasteiger partial charge >= 0.3 is 6.18 Å². The van der Waals surface area contributed by atoms with E-state index in [9.17, 15) is 22.8 Å². The van der Waals surface area contributed by atoms with Crippen molar-refractivity contribution in [2.45, 2.75) is 25.4 Å². The summed E-state index contributed by atoms with van der Waals surface area (Å²) in [5, 5.41) is 17.1. The molecule has 1 aliphatic rings. The van der Waals surface area contributed by atoms with Crippen molar-refractivity contribution in [2.24, 2.45) is 5.73 Å². The molecule has 2 aromatic carbocycles. The Morgan fingerprint density at radius 2 is 1.69 bits per heavy atom. The topological polar surface area (TPSA) is 135 Å². The molecule has 0 spiro atoms. The van der Waals surface area contributed by atoms with Gasteiger partial charge in [-0.1, -0.05) is 12.1 Å². The minimum absolute atomic E-state index is 0.0606. The minimum Gasteiger partial charge on any atom is -0.542 e. The minimum atomic E-state index is -5.19. The van der Waals surface area contributed by atoms with E-state index in [1.54, 1.807) is 33.8 Å². The number of carbonyl (C=O) groups is 3. The van der Waals surface area contributed by atoms with Crippen LogP contribution in [-0.4, -0.2) is 59.9 Å². The molecule has 1 fully saturated rings. The van der Waals surface area contributed by atoms with Crippen LogP contribution in [0.3, 0.4) is 0 Å². The van der Waals surface area contributed by atoms with Gasteiger partial charge in [0.15, 0.2) is 0 Å². The normalized spacial score (nSPS) is 14.1. The molecule has 12 heteroatoms. The maximum Gasteiger partial charge on any atom is 0.430 e. The Hall–Kier alpha value is -3.93. The molecule has 2 heterocycles. The largest absolute Gasteiger partial charge is 0.542 e. The number of aromatic nitrogens is 2. The summed E-state index contributed by atoms with van der Waals surface area (Å²) >= 11 is 0. The number of amides is 2. The van der Waals surface area contributed by atoms with Gasteiger partial charge in [0.2, 0.25) is 0 Å². The van der Waals surface area contributed by atoms with Crippen LogP contribution in [0.15, 0.2) is 48.7 Å².